The first-order valence-corrected chi connectivity index (χ1v) is 9.57. The van der Waals surface area contributed by atoms with Crippen LogP contribution in [0.15, 0.2) is 30.3 Å². The average molecular weight is 329 g/mol. The van der Waals surface area contributed by atoms with Crippen LogP contribution < -0.4 is 5.32 Å². The van der Waals surface area contributed by atoms with Crippen LogP contribution in [0.2, 0.25) is 0 Å². The molecule has 1 aromatic carbocycles. The van der Waals surface area contributed by atoms with Crippen molar-refractivity contribution in [1.29, 1.82) is 0 Å². The van der Waals surface area contributed by atoms with Crippen LogP contribution in [0.3, 0.4) is 0 Å². The molecule has 2 aliphatic rings. The second-order valence-electron chi connectivity index (χ2n) is 7.23. The second kappa shape index (κ2) is 9.19. The Hall–Kier alpha value is -1.39. The Balaban J connectivity index is 1.26. The number of nitrogens with zero attached hydrogens (tertiary/aromatic N) is 2. The molecule has 1 saturated carbocycles. The minimum absolute atomic E-state index is 0.292. The first-order chi connectivity index (χ1) is 11.8. The number of rotatable bonds is 7. The third-order valence-electron chi connectivity index (χ3n) is 5.39. The van der Waals surface area contributed by atoms with Crippen molar-refractivity contribution in [3.05, 3.63) is 35.9 Å². The zero-order valence-electron chi connectivity index (χ0n) is 14.8. The number of nitrogens with one attached hydrogen (secondary N) is 1. The summed E-state index contributed by atoms with van der Waals surface area (Å²) < 4.78 is 0. The van der Waals surface area contributed by atoms with Gasteiger partial charge in [-0.2, -0.15) is 0 Å². The molecule has 1 aromatic rings. The number of hydrogen-bond acceptors (Lipinski definition) is 3. The van der Waals surface area contributed by atoms with E-state index in [2.05, 4.69) is 45.4 Å². The van der Waals surface area contributed by atoms with Gasteiger partial charge in [0.25, 0.3) is 0 Å². The lowest BCUT2D eigenvalue weighted by Gasteiger charge is -2.34. The molecule has 0 radical (unpaired) electrons. The van der Waals surface area contributed by atoms with Gasteiger partial charge in [-0.1, -0.05) is 43.2 Å². The molecule has 1 aliphatic heterocycles. The van der Waals surface area contributed by atoms with E-state index in [4.69, 9.17) is 0 Å². The molecule has 4 nitrogen and oxygen atoms in total. The van der Waals surface area contributed by atoms with E-state index in [0.29, 0.717) is 11.8 Å². The summed E-state index contributed by atoms with van der Waals surface area (Å²) in [6.45, 7) is 7.56. The zero-order valence-corrected chi connectivity index (χ0v) is 14.8. The van der Waals surface area contributed by atoms with Crippen molar-refractivity contribution in [2.24, 2.45) is 5.92 Å². The number of benzene rings is 1. The van der Waals surface area contributed by atoms with Crippen LogP contribution in [0.5, 0.6) is 0 Å². The standard InChI is InChI=1S/C20H31N3O/c24-20(19-9-4-5-10-19)21-11-6-12-22-13-15-23(16-14-22)17-18-7-2-1-3-8-18/h1-3,7-8,19H,4-6,9-17H2,(H,21,24). The van der Waals surface area contributed by atoms with Gasteiger partial charge in [0.05, 0.1) is 0 Å². The maximum absolute atomic E-state index is 12.0. The lowest BCUT2D eigenvalue weighted by molar-refractivity contribution is -0.124. The molecule has 0 bridgehead atoms. The number of piperazine rings is 1. The molecule has 3 rings (SSSR count). The molecule has 0 aromatic heterocycles. The van der Waals surface area contributed by atoms with Gasteiger partial charge in [0.1, 0.15) is 0 Å². The maximum atomic E-state index is 12.0. The van der Waals surface area contributed by atoms with Crippen molar-refractivity contribution in [3.8, 4) is 0 Å². The SMILES string of the molecule is O=C(NCCCN1CCN(Cc2ccccc2)CC1)C1CCCC1. The molecule has 1 heterocycles. The molecule has 1 saturated heterocycles. The summed E-state index contributed by atoms with van der Waals surface area (Å²) >= 11 is 0. The van der Waals surface area contributed by atoms with E-state index in [1.165, 1.54) is 18.4 Å². The van der Waals surface area contributed by atoms with Gasteiger partial charge in [-0.3, -0.25) is 9.69 Å². The van der Waals surface area contributed by atoms with Crippen LogP contribution in [-0.4, -0.2) is 55.0 Å². The van der Waals surface area contributed by atoms with Gasteiger partial charge in [-0.05, 0) is 31.4 Å². The summed E-state index contributed by atoms with van der Waals surface area (Å²) in [4.78, 5) is 17.0. The van der Waals surface area contributed by atoms with Crippen molar-refractivity contribution >= 4 is 5.91 Å². The molecule has 24 heavy (non-hydrogen) atoms. The highest BCUT2D eigenvalue weighted by atomic mass is 16.1. The van der Waals surface area contributed by atoms with E-state index >= 15 is 0 Å². The van der Waals surface area contributed by atoms with Crippen LogP contribution in [0.25, 0.3) is 0 Å². The normalized spacial score (nSPS) is 20.3. The van der Waals surface area contributed by atoms with Crippen LogP contribution in [0.4, 0.5) is 0 Å². The highest BCUT2D eigenvalue weighted by Crippen LogP contribution is 2.24. The molecule has 2 fully saturated rings. The van der Waals surface area contributed by atoms with Crippen molar-refractivity contribution < 1.29 is 4.79 Å². The second-order valence-corrected chi connectivity index (χ2v) is 7.23. The Kier molecular flexibility index (Phi) is 6.67. The lowest BCUT2D eigenvalue weighted by Crippen LogP contribution is -2.46. The third-order valence-corrected chi connectivity index (χ3v) is 5.39. The monoisotopic (exact) mass is 329 g/mol. The largest absolute Gasteiger partial charge is 0.356 e. The predicted octanol–water partition coefficient (Wildman–Crippen LogP) is 2.50. The Labute approximate surface area is 146 Å². The third kappa shape index (κ3) is 5.32. The van der Waals surface area contributed by atoms with E-state index in [0.717, 1.165) is 65.1 Å². The topological polar surface area (TPSA) is 35.6 Å². The van der Waals surface area contributed by atoms with E-state index in [1.807, 2.05) is 0 Å². The van der Waals surface area contributed by atoms with Gasteiger partial charge in [-0.15, -0.1) is 0 Å². The molecule has 0 atom stereocenters. The minimum atomic E-state index is 0.292. The molecule has 1 N–H and O–H groups in total. The highest BCUT2D eigenvalue weighted by molar-refractivity contribution is 5.78. The fraction of sp³-hybridized carbons (Fsp3) is 0.650. The van der Waals surface area contributed by atoms with Gasteiger partial charge >= 0.3 is 0 Å². The molecule has 4 heteroatoms. The molecule has 132 valence electrons. The molecule has 1 aliphatic carbocycles. The average Bonchev–Trinajstić information content (AvgIpc) is 3.16. The smallest absolute Gasteiger partial charge is 0.223 e. The molecule has 0 unspecified atom stereocenters. The van der Waals surface area contributed by atoms with Crippen LogP contribution in [0, 0.1) is 5.92 Å². The summed E-state index contributed by atoms with van der Waals surface area (Å²) in [7, 11) is 0. The van der Waals surface area contributed by atoms with Crippen molar-refractivity contribution in [2.45, 2.75) is 38.6 Å². The fourth-order valence-corrected chi connectivity index (χ4v) is 3.86. The molecular weight excluding hydrogens is 298 g/mol. The van der Waals surface area contributed by atoms with Crippen LogP contribution >= 0.6 is 0 Å². The first kappa shape index (κ1) is 17.4. The minimum Gasteiger partial charge on any atom is -0.356 e. The first-order valence-electron chi connectivity index (χ1n) is 9.57. The van der Waals surface area contributed by atoms with Gasteiger partial charge in [-0.25, -0.2) is 0 Å². The number of hydrogen-bond donors (Lipinski definition) is 1. The predicted molar refractivity (Wildman–Crippen MR) is 97.7 cm³/mol. The van der Waals surface area contributed by atoms with Crippen molar-refractivity contribution in [3.63, 3.8) is 0 Å². The highest BCUT2D eigenvalue weighted by Gasteiger charge is 2.22. The number of amides is 1. The summed E-state index contributed by atoms with van der Waals surface area (Å²) in [5.41, 5.74) is 1.40. The molecular formula is C20H31N3O. The Bertz CT molecular complexity index is 491. The lowest BCUT2D eigenvalue weighted by atomic mass is 10.1. The summed E-state index contributed by atoms with van der Waals surface area (Å²) in [5.74, 6) is 0.590. The maximum Gasteiger partial charge on any atom is 0.223 e. The Morgan fingerprint density at radius 2 is 1.67 bits per heavy atom. The van der Waals surface area contributed by atoms with E-state index in [9.17, 15) is 4.79 Å². The summed E-state index contributed by atoms with van der Waals surface area (Å²) in [6, 6.07) is 10.7. The number of carbonyl (C=O) groups is 1. The van der Waals surface area contributed by atoms with Gasteiger partial charge in [0.2, 0.25) is 5.91 Å². The summed E-state index contributed by atoms with van der Waals surface area (Å²) in [5, 5.41) is 3.13. The Morgan fingerprint density at radius 1 is 1.00 bits per heavy atom. The van der Waals surface area contributed by atoms with Gasteiger partial charge in [0.15, 0.2) is 0 Å². The van der Waals surface area contributed by atoms with Gasteiger partial charge < -0.3 is 10.2 Å². The molecule has 0 spiro atoms. The quantitative estimate of drug-likeness (QED) is 0.781. The fourth-order valence-electron chi connectivity index (χ4n) is 3.86. The Morgan fingerprint density at radius 3 is 2.38 bits per heavy atom. The summed E-state index contributed by atoms with van der Waals surface area (Å²) in [6.07, 6.45) is 5.71. The van der Waals surface area contributed by atoms with Crippen molar-refractivity contribution in [1.82, 2.24) is 15.1 Å². The van der Waals surface area contributed by atoms with Gasteiger partial charge in [0, 0.05) is 45.2 Å². The van der Waals surface area contributed by atoms with E-state index < -0.39 is 0 Å². The van der Waals surface area contributed by atoms with E-state index in [1.54, 1.807) is 0 Å². The van der Waals surface area contributed by atoms with Crippen LogP contribution in [0.1, 0.15) is 37.7 Å². The zero-order chi connectivity index (χ0) is 16.6. The van der Waals surface area contributed by atoms with Crippen LogP contribution in [-0.2, 0) is 11.3 Å². The molecule has 1 amide bonds. The number of carbonyl (C=O) groups excluding carboxylic acids is 1. The van der Waals surface area contributed by atoms with E-state index in [-0.39, 0.29) is 0 Å². The van der Waals surface area contributed by atoms with Crippen molar-refractivity contribution in [2.75, 3.05) is 39.3 Å².